The zero-order chi connectivity index (χ0) is 20.3. The fourth-order valence-corrected chi connectivity index (χ4v) is 3.29. The fourth-order valence-electron chi connectivity index (χ4n) is 3.29. The molecular weight excluding hydrogens is 360 g/mol. The second-order valence-corrected chi connectivity index (χ2v) is 7.10. The largest absolute Gasteiger partial charge is 0.481 e. The zero-order valence-electron chi connectivity index (χ0n) is 16.0. The second kappa shape index (κ2) is 8.24. The van der Waals surface area contributed by atoms with Crippen molar-refractivity contribution in [2.75, 3.05) is 26.7 Å². The molecule has 1 saturated heterocycles. The Bertz CT molecular complexity index is 867. The standard InChI is InChI=1S/C20H24N4O4/c1-14-7-12-24(21-14)17-5-3-15(4-6-17)19(26)22(2)13-18(25)23-10-8-16(9-11-23)20(27)28/h3-7,12,16H,8-11,13H2,1-2H3,(H,27,28). The van der Waals surface area contributed by atoms with Gasteiger partial charge in [0.15, 0.2) is 0 Å². The molecule has 0 atom stereocenters. The monoisotopic (exact) mass is 384 g/mol. The summed E-state index contributed by atoms with van der Waals surface area (Å²) >= 11 is 0. The number of amides is 2. The maximum Gasteiger partial charge on any atom is 0.306 e. The highest BCUT2D eigenvalue weighted by molar-refractivity contribution is 5.96. The maximum absolute atomic E-state index is 12.6. The number of carbonyl (C=O) groups is 3. The van der Waals surface area contributed by atoms with Crippen molar-refractivity contribution < 1.29 is 19.5 Å². The van der Waals surface area contributed by atoms with Crippen LogP contribution in [-0.2, 0) is 9.59 Å². The van der Waals surface area contributed by atoms with Crippen molar-refractivity contribution in [3.8, 4) is 5.69 Å². The van der Waals surface area contributed by atoms with E-state index in [0.29, 0.717) is 31.5 Å². The number of carboxylic acid groups (broad SMARTS) is 1. The number of likely N-dealkylation sites (tertiary alicyclic amines) is 1. The van der Waals surface area contributed by atoms with Crippen LogP contribution in [-0.4, -0.2) is 69.2 Å². The molecule has 1 fully saturated rings. The number of aliphatic carboxylic acids is 1. The van der Waals surface area contributed by atoms with Gasteiger partial charge in [0.2, 0.25) is 5.91 Å². The highest BCUT2D eigenvalue weighted by Gasteiger charge is 2.28. The highest BCUT2D eigenvalue weighted by Crippen LogP contribution is 2.18. The van der Waals surface area contributed by atoms with Gasteiger partial charge in [0.05, 0.1) is 23.8 Å². The number of aryl methyl sites for hydroxylation is 1. The SMILES string of the molecule is Cc1ccn(-c2ccc(C(=O)N(C)CC(=O)N3CCC(C(=O)O)CC3)cc2)n1. The van der Waals surface area contributed by atoms with Crippen molar-refractivity contribution in [2.24, 2.45) is 5.92 Å². The molecular formula is C20H24N4O4. The Morgan fingerprint density at radius 2 is 1.79 bits per heavy atom. The van der Waals surface area contributed by atoms with E-state index < -0.39 is 5.97 Å². The van der Waals surface area contributed by atoms with Gasteiger partial charge in [-0.25, -0.2) is 4.68 Å². The lowest BCUT2D eigenvalue weighted by molar-refractivity contribution is -0.145. The van der Waals surface area contributed by atoms with Gasteiger partial charge in [-0.2, -0.15) is 5.10 Å². The summed E-state index contributed by atoms with van der Waals surface area (Å²) in [6, 6.07) is 8.96. The molecule has 0 radical (unpaired) electrons. The summed E-state index contributed by atoms with van der Waals surface area (Å²) in [4.78, 5) is 39.1. The summed E-state index contributed by atoms with van der Waals surface area (Å²) in [5, 5.41) is 13.4. The van der Waals surface area contributed by atoms with Crippen molar-refractivity contribution in [2.45, 2.75) is 19.8 Å². The Labute approximate surface area is 163 Å². The van der Waals surface area contributed by atoms with Crippen LogP contribution in [0.25, 0.3) is 5.69 Å². The summed E-state index contributed by atoms with van der Waals surface area (Å²) in [6.45, 7) is 2.70. The molecule has 28 heavy (non-hydrogen) atoms. The Hall–Kier alpha value is -3.16. The molecule has 1 aromatic heterocycles. The molecule has 1 aromatic carbocycles. The van der Waals surface area contributed by atoms with E-state index in [-0.39, 0.29) is 24.3 Å². The number of hydrogen-bond donors (Lipinski definition) is 1. The van der Waals surface area contributed by atoms with E-state index >= 15 is 0 Å². The first-order valence-electron chi connectivity index (χ1n) is 9.24. The van der Waals surface area contributed by atoms with Gasteiger partial charge in [-0.05, 0) is 50.1 Å². The number of nitrogens with zero attached hydrogens (tertiary/aromatic N) is 4. The second-order valence-electron chi connectivity index (χ2n) is 7.10. The average molecular weight is 384 g/mol. The number of aromatic nitrogens is 2. The van der Waals surface area contributed by atoms with Gasteiger partial charge in [-0.1, -0.05) is 0 Å². The molecule has 0 saturated carbocycles. The molecule has 2 amide bonds. The topological polar surface area (TPSA) is 95.7 Å². The van der Waals surface area contributed by atoms with E-state index in [1.807, 2.05) is 31.3 Å². The lowest BCUT2D eigenvalue weighted by Crippen LogP contribution is -2.45. The van der Waals surface area contributed by atoms with Crippen LogP contribution < -0.4 is 0 Å². The molecule has 1 aliphatic heterocycles. The van der Waals surface area contributed by atoms with Gasteiger partial charge < -0.3 is 14.9 Å². The maximum atomic E-state index is 12.6. The molecule has 0 aliphatic carbocycles. The van der Waals surface area contributed by atoms with Crippen LogP contribution >= 0.6 is 0 Å². The third-order valence-corrected chi connectivity index (χ3v) is 5.02. The van der Waals surface area contributed by atoms with Crippen LogP contribution in [0.5, 0.6) is 0 Å². The normalized spacial score (nSPS) is 14.7. The minimum atomic E-state index is -0.812. The summed E-state index contributed by atoms with van der Waals surface area (Å²) in [5.74, 6) is -1.60. The molecule has 2 aromatic rings. The van der Waals surface area contributed by atoms with E-state index in [1.54, 1.807) is 28.8 Å². The van der Waals surface area contributed by atoms with Crippen LogP contribution in [0.4, 0.5) is 0 Å². The van der Waals surface area contributed by atoms with Gasteiger partial charge in [-0.3, -0.25) is 14.4 Å². The predicted octanol–water partition coefficient (Wildman–Crippen LogP) is 1.58. The predicted molar refractivity (Wildman–Crippen MR) is 102 cm³/mol. The molecule has 0 bridgehead atoms. The molecule has 8 nitrogen and oxygen atoms in total. The van der Waals surface area contributed by atoms with Crippen LogP contribution in [0.3, 0.4) is 0 Å². The highest BCUT2D eigenvalue weighted by atomic mass is 16.4. The van der Waals surface area contributed by atoms with Crippen LogP contribution in [0.1, 0.15) is 28.9 Å². The first-order chi connectivity index (χ1) is 13.3. The number of piperidine rings is 1. The quantitative estimate of drug-likeness (QED) is 0.844. The van der Waals surface area contributed by atoms with E-state index in [9.17, 15) is 14.4 Å². The van der Waals surface area contributed by atoms with Gasteiger partial charge in [0.25, 0.3) is 5.91 Å². The van der Waals surface area contributed by atoms with Gasteiger partial charge in [0.1, 0.15) is 0 Å². The average Bonchev–Trinajstić information content (AvgIpc) is 3.13. The molecule has 8 heteroatoms. The number of benzene rings is 1. The molecule has 3 rings (SSSR count). The Kier molecular flexibility index (Phi) is 5.77. The lowest BCUT2D eigenvalue weighted by Gasteiger charge is -2.31. The first kappa shape index (κ1) is 19.6. The number of hydrogen-bond acceptors (Lipinski definition) is 4. The smallest absolute Gasteiger partial charge is 0.306 e. The summed E-state index contributed by atoms with van der Waals surface area (Å²) in [7, 11) is 1.59. The molecule has 1 N–H and O–H groups in total. The zero-order valence-corrected chi connectivity index (χ0v) is 16.0. The van der Waals surface area contributed by atoms with Gasteiger partial charge in [-0.15, -0.1) is 0 Å². The third kappa shape index (κ3) is 4.39. The van der Waals surface area contributed by atoms with Crippen molar-refractivity contribution in [1.82, 2.24) is 19.6 Å². The van der Waals surface area contributed by atoms with Crippen LogP contribution in [0, 0.1) is 12.8 Å². The van der Waals surface area contributed by atoms with E-state index in [2.05, 4.69) is 5.10 Å². The van der Waals surface area contributed by atoms with Gasteiger partial charge in [0, 0.05) is 31.9 Å². The molecule has 0 unspecified atom stereocenters. The Morgan fingerprint density at radius 1 is 1.14 bits per heavy atom. The number of likely N-dealkylation sites (N-methyl/N-ethyl adjacent to an activating group) is 1. The van der Waals surface area contributed by atoms with Crippen molar-refractivity contribution >= 4 is 17.8 Å². The van der Waals surface area contributed by atoms with Gasteiger partial charge >= 0.3 is 5.97 Å². The lowest BCUT2D eigenvalue weighted by atomic mass is 9.97. The van der Waals surface area contributed by atoms with Crippen LogP contribution in [0.2, 0.25) is 0 Å². The van der Waals surface area contributed by atoms with E-state index in [0.717, 1.165) is 11.4 Å². The molecule has 2 heterocycles. The minimum absolute atomic E-state index is 0.0311. The number of rotatable bonds is 5. The van der Waals surface area contributed by atoms with Crippen molar-refractivity contribution in [3.05, 3.63) is 47.8 Å². The van der Waals surface area contributed by atoms with Crippen LogP contribution in [0.15, 0.2) is 36.5 Å². The van der Waals surface area contributed by atoms with Crippen molar-refractivity contribution in [3.63, 3.8) is 0 Å². The summed E-state index contributed by atoms with van der Waals surface area (Å²) in [6.07, 6.45) is 2.75. The van der Waals surface area contributed by atoms with Crippen molar-refractivity contribution in [1.29, 1.82) is 0 Å². The first-order valence-corrected chi connectivity index (χ1v) is 9.24. The molecule has 0 spiro atoms. The minimum Gasteiger partial charge on any atom is -0.481 e. The summed E-state index contributed by atoms with van der Waals surface area (Å²) in [5.41, 5.74) is 2.25. The molecule has 1 aliphatic rings. The van der Waals surface area contributed by atoms with E-state index in [1.165, 1.54) is 4.90 Å². The number of carboxylic acids is 1. The summed E-state index contributed by atoms with van der Waals surface area (Å²) < 4.78 is 1.73. The van der Waals surface area contributed by atoms with E-state index in [4.69, 9.17) is 5.11 Å². The third-order valence-electron chi connectivity index (χ3n) is 5.02. The number of carbonyl (C=O) groups excluding carboxylic acids is 2. The Balaban J connectivity index is 1.57. The molecule has 148 valence electrons. The fraction of sp³-hybridized carbons (Fsp3) is 0.400. The Morgan fingerprint density at radius 3 is 2.32 bits per heavy atom.